The Labute approximate surface area is 110 Å². The molecule has 0 aliphatic carbocycles. The van der Waals surface area contributed by atoms with E-state index in [1.165, 1.54) is 0 Å². The molecule has 3 aromatic rings. The van der Waals surface area contributed by atoms with Crippen LogP contribution in [0.2, 0.25) is 0 Å². The van der Waals surface area contributed by atoms with Gasteiger partial charge in [0, 0.05) is 18.8 Å². The van der Waals surface area contributed by atoms with Crippen molar-refractivity contribution in [3.63, 3.8) is 0 Å². The van der Waals surface area contributed by atoms with Gasteiger partial charge in [0.2, 0.25) is 0 Å². The zero-order valence-corrected chi connectivity index (χ0v) is 11.1. The van der Waals surface area contributed by atoms with Gasteiger partial charge in [0.05, 0.1) is 29.6 Å². The maximum Gasteiger partial charge on any atom is 0.161 e. The maximum absolute atomic E-state index is 11.7. The standard InChI is InChI=1S/C14H14N4O/c1-9-6-18(8-15-9)12-5-4-11(10(2)19)14-13(12)16-7-17(14)3/h4-8H,1-3H3. The van der Waals surface area contributed by atoms with Crippen LogP contribution in [0.25, 0.3) is 16.7 Å². The smallest absolute Gasteiger partial charge is 0.161 e. The predicted octanol–water partition coefficient (Wildman–Crippen LogP) is 2.27. The summed E-state index contributed by atoms with van der Waals surface area (Å²) in [5, 5.41) is 0. The van der Waals surface area contributed by atoms with E-state index in [0.29, 0.717) is 5.56 Å². The zero-order valence-electron chi connectivity index (χ0n) is 11.1. The van der Waals surface area contributed by atoms with Gasteiger partial charge in [0.1, 0.15) is 5.52 Å². The number of ketones is 1. The number of benzene rings is 1. The molecule has 5 nitrogen and oxygen atoms in total. The van der Waals surface area contributed by atoms with Crippen molar-refractivity contribution in [3.8, 4) is 5.69 Å². The lowest BCUT2D eigenvalue weighted by molar-refractivity contribution is 0.101. The van der Waals surface area contributed by atoms with Gasteiger partial charge >= 0.3 is 0 Å². The molecule has 0 N–H and O–H groups in total. The van der Waals surface area contributed by atoms with Crippen molar-refractivity contribution < 1.29 is 4.79 Å². The number of aryl methyl sites for hydroxylation is 2. The molecule has 0 unspecified atom stereocenters. The number of hydrogen-bond acceptors (Lipinski definition) is 3. The maximum atomic E-state index is 11.7. The van der Waals surface area contributed by atoms with Gasteiger partial charge in [-0.05, 0) is 26.0 Å². The van der Waals surface area contributed by atoms with Crippen LogP contribution < -0.4 is 0 Å². The summed E-state index contributed by atoms with van der Waals surface area (Å²) in [6.45, 7) is 3.51. The molecule has 0 atom stereocenters. The van der Waals surface area contributed by atoms with Crippen LogP contribution >= 0.6 is 0 Å². The fraction of sp³-hybridized carbons (Fsp3) is 0.214. The third kappa shape index (κ3) is 1.74. The van der Waals surface area contributed by atoms with E-state index in [4.69, 9.17) is 0 Å². The Balaban J connectivity index is 2.34. The second-order valence-corrected chi connectivity index (χ2v) is 4.66. The van der Waals surface area contributed by atoms with E-state index in [1.807, 2.05) is 41.4 Å². The number of hydrogen-bond donors (Lipinski definition) is 0. The molecular formula is C14H14N4O. The van der Waals surface area contributed by atoms with Crippen molar-refractivity contribution in [2.75, 3.05) is 0 Å². The topological polar surface area (TPSA) is 52.7 Å². The van der Waals surface area contributed by atoms with Crippen molar-refractivity contribution >= 4 is 16.8 Å². The summed E-state index contributed by atoms with van der Waals surface area (Å²) < 4.78 is 3.80. The number of aromatic nitrogens is 4. The molecule has 5 heteroatoms. The normalized spacial score (nSPS) is 11.1. The lowest BCUT2D eigenvalue weighted by Gasteiger charge is -2.07. The minimum atomic E-state index is 0.0435. The summed E-state index contributed by atoms with van der Waals surface area (Å²) in [7, 11) is 1.89. The van der Waals surface area contributed by atoms with Gasteiger partial charge in [0.15, 0.2) is 5.78 Å². The predicted molar refractivity (Wildman–Crippen MR) is 72.6 cm³/mol. The molecular weight excluding hydrogens is 240 g/mol. The van der Waals surface area contributed by atoms with Gasteiger partial charge in [-0.25, -0.2) is 9.97 Å². The lowest BCUT2D eigenvalue weighted by Crippen LogP contribution is -2.00. The number of Topliss-reactive ketones (excluding diaryl/α,β-unsaturated/α-hetero) is 1. The fourth-order valence-corrected chi connectivity index (χ4v) is 2.30. The third-order valence-electron chi connectivity index (χ3n) is 3.21. The van der Waals surface area contributed by atoms with Gasteiger partial charge in [0.25, 0.3) is 0 Å². The van der Waals surface area contributed by atoms with Gasteiger partial charge < -0.3 is 9.13 Å². The Kier molecular flexibility index (Phi) is 2.48. The molecule has 0 saturated heterocycles. The first-order valence-electron chi connectivity index (χ1n) is 6.04. The van der Waals surface area contributed by atoms with Crippen LogP contribution in [0.5, 0.6) is 0 Å². The highest BCUT2D eigenvalue weighted by molar-refractivity contribution is 6.06. The number of nitrogens with zero attached hydrogens (tertiary/aromatic N) is 4. The van der Waals surface area contributed by atoms with E-state index in [0.717, 1.165) is 22.4 Å². The molecule has 0 amide bonds. The van der Waals surface area contributed by atoms with E-state index in [2.05, 4.69) is 9.97 Å². The van der Waals surface area contributed by atoms with Crippen molar-refractivity contribution in [2.24, 2.45) is 7.05 Å². The van der Waals surface area contributed by atoms with Crippen LogP contribution in [0.4, 0.5) is 0 Å². The summed E-state index contributed by atoms with van der Waals surface area (Å²) in [5.41, 5.74) is 4.24. The van der Waals surface area contributed by atoms with Crippen molar-refractivity contribution in [1.29, 1.82) is 0 Å². The lowest BCUT2D eigenvalue weighted by atomic mass is 10.1. The minimum Gasteiger partial charge on any atom is -0.333 e. The minimum absolute atomic E-state index is 0.0435. The molecule has 0 spiro atoms. The van der Waals surface area contributed by atoms with Gasteiger partial charge in [-0.3, -0.25) is 4.79 Å². The van der Waals surface area contributed by atoms with Crippen LogP contribution in [0.3, 0.4) is 0 Å². The summed E-state index contributed by atoms with van der Waals surface area (Å²) in [6.07, 6.45) is 5.42. The van der Waals surface area contributed by atoms with Crippen LogP contribution in [-0.4, -0.2) is 24.9 Å². The second kappa shape index (κ2) is 4.05. The van der Waals surface area contributed by atoms with Gasteiger partial charge in [-0.1, -0.05) is 0 Å². The third-order valence-corrected chi connectivity index (χ3v) is 3.21. The molecule has 19 heavy (non-hydrogen) atoms. The number of imidazole rings is 2. The molecule has 0 radical (unpaired) electrons. The molecule has 1 aromatic carbocycles. The molecule has 3 rings (SSSR count). The van der Waals surface area contributed by atoms with Gasteiger partial charge in [-0.15, -0.1) is 0 Å². The van der Waals surface area contributed by atoms with E-state index in [1.54, 1.807) is 19.6 Å². The highest BCUT2D eigenvalue weighted by Crippen LogP contribution is 2.24. The number of carbonyl (C=O) groups is 1. The quantitative estimate of drug-likeness (QED) is 0.659. The molecule has 96 valence electrons. The largest absolute Gasteiger partial charge is 0.333 e. The van der Waals surface area contributed by atoms with Crippen molar-refractivity contribution in [2.45, 2.75) is 13.8 Å². The van der Waals surface area contributed by atoms with E-state index in [9.17, 15) is 4.79 Å². The Morgan fingerprint density at radius 2 is 2.00 bits per heavy atom. The summed E-state index contributed by atoms with van der Waals surface area (Å²) >= 11 is 0. The number of carbonyl (C=O) groups excluding carboxylic acids is 1. The first kappa shape index (κ1) is 11.6. The Morgan fingerprint density at radius 3 is 2.63 bits per heavy atom. The highest BCUT2D eigenvalue weighted by Gasteiger charge is 2.14. The van der Waals surface area contributed by atoms with Crippen LogP contribution in [0, 0.1) is 6.92 Å². The molecule has 0 bridgehead atoms. The average molecular weight is 254 g/mol. The molecule has 0 aliphatic rings. The Hall–Kier alpha value is -2.43. The Bertz CT molecular complexity index is 782. The molecule has 2 heterocycles. The Morgan fingerprint density at radius 1 is 1.21 bits per heavy atom. The number of rotatable bonds is 2. The fourth-order valence-electron chi connectivity index (χ4n) is 2.30. The second-order valence-electron chi connectivity index (χ2n) is 4.66. The molecule has 0 aliphatic heterocycles. The summed E-state index contributed by atoms with van der Waals surface area (Å²) in [5.74, 6) is 0.0435. The summed E-state index contributed by atoms with van der Waals surface area (Å²) in [4.78, 5) is 20.3. The van der Waals surface area contributed by atoms with Crippen LogP contribution in [0.15, 0.2) is 31.0 Å². The molecule has 0 fully saturated rings. The van der Waals surface area contributed by atoms with E-state index in [-0.39, 0.29) is 5.78 Å². The van der Waals surface area contributed by atoms with Crippen LogP contribution in [0.1, 0.15) is 23.0 Å². The zero-order chi connectivity index (χ0) is 13.6. The van der Waals surface area contributed by atoms with Crippen molar-refractivity contribution in [1.82, 2.24) is 19.1 Å². The first-order valence-corrected chi connectivity index (χ1v) is 6.04. The van der Waals surface area contributed by atoms with E-state index < -0.39 is 0 Å². The monoisotopic (exact) mass is 254 g/mol. The average Bonchev–Trinajstić information content (AvgIpc) is 2.96. The van der Waals surface area contributed by atoms with Crippen molar-refractivity contribution in [3.05, 3.63) is 42.2 Å². The first-order chi connectivity index (χ1) is 9.08. The van der Waals surface area contributed by atoms with Gasteiger partial charge in [-0.2, -0.15) is 0 Å². The number of fused-ring (bicyclic) bond motifs is 1. The van der Waals surface area contributed by atoms with Crippen LogP contribution in [-0.2, 0) is 7.05 Å². The van der Waals surface area contributed by atoms with E-state index >= 15 is 0 Å². The highest BCUT2D eigenvalue weighted by atomic mass is 16.1. The molecule has 2 aromatic heterocycles. The molecule has 0 saturated carbocycles. The summed E-state index contributed by atoms with van der Waals surface area (Å²) in [6, 6.07) is 3.75. The SMILES string of the molecule is CC(=O)c1ccc(-n2cnc(C)c2)c2ncn(C)c12.